The summed E-state index contributed by atoms with van der Waals surface area (Å²) < 4.78 is 0. The average molecular weight is 257 g/mol. The van der Waals surface area contributed by atoms with Crippen molar-refractivity contribution < 1.29 is 4.79 Å². The number of carbonyl (C=O) groups excluding carboxylic acids is 1. The van der Waals surface area contributed by atoms with Gasteiger partial charge in [-0.05, 0) is 19.1 Å². The van der Waals surface area contributed by atoms with E-state index < -0.39 is 0 Å². The van der Waals surface area contributed by atoms with Crippen molar-refractivity contribution >= 4 is 23.5 Å². The summed E-state index contributed by atoms with van der Waals surface area (Å²) in [5.41, 5.74) is 7.20. The predicted octanol–water partition coefficient (Wildman–Crippen LogP) is 1.66. The van der Waals surface area contributed by atoms with Crippen molar-refractivity contribution in [2.75, 3.05) is 23.4 Å². The summed E-state index contributed by atoms with van der Waals surface area (Å²) in [6.07, 6.45) is 0. The fourth-order valence-electron chi connectivity index (χ4n) is 1.61. The van der Waals surface area contributed by atoms with Crippen LogP contribution in [0.3, 0.4) is 0 Å². The van der Waals surface area contributed by atoms with E-state index in [0.29, 0.717) is 17.2 Å². The van der Waals surface area contributed by atoms with E-state index in [9.17, 15) is 4.79 Å². The van der Waals surface area contributed by atoms with Crippen molar-refractivity contribution in [3.8, 4) is 0 Å². The lowest BCUT2D eigenvalue weighted by molar-refractivity contribution is 0.102. The van der Waals surface area contributed by atoms with E-state index in [-0.39, 0.29) is 11.9 Å². The van der Waals surface area contributed by atoms with Crippen LogP contribution in [-0.4, -0.2) is 22.9 Å². The van der Waals surface area contributed by atoms with Gasteiger partial charge in [-0.1, -0.05) is 17.7 Å². The highest BCUT2D eigenvalue weighted by Crippen LogP contribution is 2.12. The van der Waals surface area contributed by atoms with Crippen LogP contribution in [0.5, 0.6) is 0 Å². The molecule has 0 aliphatic heterocycles. The highest BCUT2D eigenvalue weighted by molar-refractivity contribution is 6.03. The largest absolute Gasteiger partial charge is 0.383 e. The van der Waals surface area contributed by atoms with Gasteiger partial charge in [0.1, 0.15) is 11.6 Å². The minimum absolute atomic E-state index is 0.177. The summed E-state index contributed by atoms with van der Waals surface area (Å²) >= 11 is 0. The van der Waals surface area contributed by atoms with E-state index in [4.69, 9.17) is 5.73 Å². The van der Waals surface area contributed by atoms with Gasteiger partial charge in [-0.2, -0.15) is 9.97 Å². The minimum Gasteiger partial charge on any atom is -0.383 e. The van der Waals surface area contributed by atoms with Crippen LogP contribution in [0.4, 0.5) is 17.6 Å². The van der Waals surface area contributed by atoms with Gasteiger partial charge in [-0.15, -0.1) is 0 Å². The molecule has 2 aromatic rings. The first-order valence-corrected chi connectivity index (χ1v) is 5.79. The number of nitrogens with zero attached hydrogens (tertiary/aromatic N) is 2. The van der Waals surface area contributed by atoms with E-state index in [2.05, 4.69) is 20.6 Å². The Morgan fingerprint density at radius 3 is 2.74 bits per heavy atom. The van der Waals surface area contributed by atoms with Gasteiger partial charge >= 0.3 is 0 Å². The van der Waals surface area contributed by atoms with E-state index >= 15 is 0 Å². The first-order chi connectivity index (χ1) is 9.08. The van der Waals surface area contributed by atoms with Crippen LogP contribution >= 0.6 is 0 Å². The van der Waals surface area contributed by atoms with Gasteiger partial charge in [-0.3, -0.25) is 10.1 Å². The van der Waals surface area contributed by atoms with Crippen molar-refractivity contribution in [2.45, 2.75) is 6.92 Å². The maximum atomic E-state index is 12.0. The molecule has 1 heterocycles. The smallest absolute Gasteiger partial charge is 0.258 e. The Kier molecular flexibility index (Phi) is 3.61. The molecular weight excluding hydrogens is 242 g/mol. The second-order valence-corrected chi connectivity index (χ2v) is 4.08. The Hall–Kier alpha value is -2.63. The molecular formula is C13H15N5O. The molecule has 1 amide bonds. The molecule has 0 saturated heterocycles. The molecule has 0 aliphatic carbocycles. The SMILES string of the molecule is CNc1cc(N)nc(NC(=O)c2cccc(C)c2)n1. The van der Waals surface area contributed by atoms with Gasteiger partial charge < -0.3 is 11.1 Å². The maximum absolute atomic E-state index is 12.0. The normalized spacial score (nSPS) is 10.0. The number of aromatic nitrogens is 2. The van der Waals surface area contributed by atoms with Crippen molar-refractivity contribution in [3.63, 3.8) is 0 Å². The van der Waals surface area contributed by atoms with Crippen molar-refractivity contribution in [1.29, 1.82) is 0 Å². The predicted molar refractivity (Wildman–Crippen MR) is 75.1 cm³/mol. The summed E-state index contributed by atoms with van der Waals surface area (Å²) in [7, 11) is 1.72. The first-order valence-electron chi connectivity index (χ1n) is 5.79. The Labute approximate surface area is 111 Å². The zero-order valence-electron chi connectivity index (χ0n) is 10.8. The molecule has 6 nitrogen and oxygen atoms in total. The quantitative estimate of drug-likeness (QED) is 0.777. The van der Waals surface area contributed by atoms with E-state index in [1.807, 2.05) is 19.1 Å². The fraction of sp³-hybridized carbons (Fsp3) is 0.154. The second-order valence-electron chi connectivity index (χ2n) is 4.08. The maximum Gasteiger partial charge on any atom is 0.258 e. The number of carbonyl (C=O) groups is 1. The summed E-state index contributed by atoms with van der Waals surface area (Å²) in [5.74, 6) is 0.748. The van der Waals surface area contributed by atoms with Gasteiger partial charge in [0.05, 0.1) is 0 Å². The number of aryl methyl sites for hydroxylation is 1. The Bertz CT molecular complexity index is 612. The number of nitrogens with two attached hydrogens (primary N) is 1. The molecule has 0 spiro atoms. The molecule has 0 aliphatic rings. The van der Waals surface area contributed by atoms with Gasteiger partial charge in [0, 0.05) is 18.7 Å². The third kappa shape index (κ3) is 3.19. The summed E-state index contributed by atoms with van der Waals surface area (Å²) in [5, 5.41) is 5.47. The average Bonchev–Trinajstić information content (AvgIpc) is 2.38. The lowest BCUT2D eigenvalue weighted by Crippen LogP contribution is -2.15. The lowest BCUT2D eigenvalue weighted by Gasteiger charge is -2.07. The van der Waals surface area contributed by atoms with Crippen LogP contribution in [-0.2, 0) is 0 Å². The Balaban J connectivity index is 2.21. The number of amides is 1. The zero-order chi connectivity index (χ0) is 13.8. The Morgan fingerprint density at radius 1 is 1.26 bits per heavy atom. The second kappa shape index (κ2) is 5.34. The summed E-state index contributed by atoms with van der Waals surface area (Å²) in [4.78, 5) is 20.1. The molecule has 0 saturated carbocycles. The number of hydrogen-bond acceptors (Lipinski definition) is 5. The van der Waals surface area contributed by atoms with E-state index in [1.54, 1.807) is 25.2 Å². The molecule has 1 aromatic carbocycles. The van der Waals surface area contributed by atoms with Crippen molar-refractivity contribution in [2.24, 2.45) is 0 Å². The minimum atomic E-state index is -0.267. The zero-order valence-corrected chi connectivity index (χ0v) is 10.8. The molecule has 0 radical (unpaired) electrons. The van der Waals surface area contributed by atoms with Crippen LogP contribution in [0.25, 0.3) is 0 Å². The molecule has 2 rings (SSSR count). The van der Waals surface area contributed by atoms with E-state index in [0.717, 1.165) is 5.56 Å². The number of nitrogen functional groups attached to an aromatic ring is 1. The monoisotopic (exact) mass is 257 g/mol. The van der Waals surface area contributed by atoms with Crippen molar-refractivity contribution in [1.82, 2.24) is 9.97 Å². The van der Waals surface area contributed by atoms with Crippen LogP contribution in [0, 0.1) is 6.92 Å². The van der Waals surface area contributed by atoms with Gasteiger partial charge in [-0.25, -0.2) is 0 Å². The Morgan fingerprint density at radius 2 is 2.05 bits per heavy atom. The molecule has 6 heteroatoms. The molecule has 1 aromatic heterocycles. The molecule has 0 unspecified atom stereocenters. The highest BCUT2D eigenvalue weighted by atomic mass is 16.1. The molecule has 0 atom stereocenters. The first kappa shape index (κ1) is 12.8. The third-order valence-corrected chi connectivity index (χ3v) is 2.51. The third-order valence-electron chi connectivity index (χ3n) is 2.51. The molecule has 19 heavy (non-hydrogen) atoms. The number of anilines is 3. The van der Waals surface area contributed by atoms with Crippen LogP contribution < -0.4 is 16.4 Å². The number of benzene rings is 1. The fourth-order valence-corrected chi connectivity index (χ4v) is 1.61. The standard InChI is InChI=1S/C13H15N5O/c1-8-4-3-5-9(6-8)12(19)18-13-16-10(14)7-11(15-2)17-13/h3-7H,1-2H3,(H4,14,15,16,17,18,19). The number of rotatable bonds is 3. The van der Waals surface area contributed by atoms with Gasteiger partial charge in [0.2, 0.25) is 5.95 Å². The van der Waals surface area contributed by atoms with Crippen molar-refractivity contribution in [3.05, 3.63) is 41.5 Å². The van der Waals surface area contributed by atoms with Gasteiger partial charge in [0.25, 0.3) is 5.91 Å². The summed E-state index contributed by atoms with van der Waals surface area (Å²) in [6, 6.07) is 8.85. The topological polar surface area (TPSA) is 92.9 Å². The number of nitrogens with one attached hydrogen (secondary N) is 2. The summed E-state index contributed by atoms with van der Waals surface area (Å²) in [6.45, 7) is 1.92. The highest BCUT2D eigenvalue weighted by Gasteiger charge is 2.09. The molecule has 98 valence electrons. The molecule has 0 fully saturated rings. The molecule has 0 bridgehead atoms. The lowest BCUT2D eigenvalue weighted by atomic mass is 10.1. The molecule has 4 N–H and O–H groups in total. The number of hydrogen-bond donors (Lipinski definition) is 3. The van der Waals surface area contributed by atoms with Gasteiger partial charge in [0.15, 0.2) is 0 Å². The van der Waals surface area contributed by atoms with Crippen LogP contribution in [0.1, 0.15) is 15.9 Å². The van der Waals surface area contributed by atoms with Crippen LogP contribution in [0.15, 0.2) is 30.3 Å². The van der Waals surface area contributed by atoms with E-state index in [1.165, 1.54) is 0 Å². The van der Waals surface area contributed by atoms with Crippen LogP contribution in [0.2, 0.25) is 0 Å².